The molecule has 3 heterocycles. The molecule has 2 N–H and O–H groups in total. The van der Waals surface area contributed by atoms with Crippen molar-refractivity contribution in [3.63, 3.8) is 0 Å². The third-order valence-electron chi connectivity index (χ3n) is 5.42. The summed E-state index contributed by atoms with van der Waals surface area (Å²) in [6, 6.07) is 9.15. The quantitative estimate of drug-likeness (QED) is 0.856. The molecule has 142 valence electrons. The van der Waals surface area contributed by atoms with E-state index in [4.69, 9.17) is 0 Å². The number of amides is 2. The topological polar surface area (TPSA) is 89.5 Å². The minimum absolute atomic E-state index is 0.0156. The minimum Gasteiger partial charge on any atom is -0.391 e. The zero-order valence-corrected chi connectivity index (χ0v) is 15.4. The Hall–Kier alpha value is -2.67. The summed E-state index contributed by atoms with van der Waals surface area (Å²) in [5.41, 5.74) is 3.31. The Morgan fingerprint density at radius 2 is 2.07 bits per heavy atom. The van der Waals surface area contributed by atoms with Crippen molar-refractivity contribution < 1.29 is 14.7 Å². The number of hydrogen-bond donors (Lipinski definition) is 2. The normalized spacial score (nSPS) is 22.7. The van der Waals surface area contributed by atoms with Crippen molar-refractivity contribution in [2.24, 2.45) is 5.92 Å². The molecular weight excluding hydrogens is 344 g/mol. The van der Waals surface area contributed by atoms with Crippen molar-refractivity contribution in [2.45, 2.75) is 32.3 Å². The van der Waals surface area contributed by atoms with E-state index in [0.29, 0.717) is 31.5 Å². The number of nitrogens with zero attached hydrogens (tertiary/aromatic N) is 3. The fourth-order valence-electron chi connectivity index (χ4n) is 3.96. The third kappa shape index (κ3) is 3.60. The minimum atomic E-state index is -0.549. The van der Waals surface area contributed by atoms with Crippen LogP contribution in [0.2, 0.25) is 0 Å². The van der Waals surface area contributed by atoms with Gasteiger partial charge in [-0.2, -0.15) is 5.10 Å². The zero-order valence-electron chi connectivity index (χ0n) is 15.4. The number of aromatic nitrogens is 2. The number of rotatable bonds is 4. The lowest BCUT2D eigenvalue weighted by atomic mass is 10.0. The van der Waals surface area contributed by atoms with Gasteiger partial charge in [-0.1, -0.05) is 0 Å². The smallest absolute Gasteiger partial charge is 0.253 e. The van der Waals surface area contributed by atoms with Crippen LogP contribution in [-0.4, -0.2) is 57.8 Å². The van der Waals surface area contributed by atoms with E-state index in [0.717, 1.165) is 30.0 Å². The van der Waals surface area contributed by atoms with E-state index >= 15 is 0 Å². The summed E-state index contributed by atoms with van der Waals surface area (Å²) in [7, 11) is 0. The van der Waals surface area contributed by atoms with Gasteiger partial charge in [-0.05, 0) is 50.1 Å². The number of aliphatic hydroxyl groups excluding tert-OH is 1. The molecule has 0 bridgehead atoms. The zero-order chi connectivity index (χ0) is 19.0. The van der Waals surface area contributed by atoms with Gasteiger partial charge in [0, 0.05) is 48.9 Å². The first-order valence-electron chi connectivity index (χ1n) is 9.40. The fourth-order valence-corrected chi connectivity index (χ4v) is 3.96. The third-order valence-corrected chi connectivity index (χ3v) is 5.42. The number of likely N-dealkylation sites (tertiary alicyclic amines) is 1. The standard InChI is InChI=1S/C20H24N4O3/c1-13-9-16(22-21-13)10-15-11-23(12-18(15)25)20(27)14-4-6-17(7-5-14)24-8-2-3-19(24)26/h4-7,9,15,18,25H,2-3,8,10-12H2,1H3,(H,21,22). The number of nitrogens with one attached hydrogen (secondary N) is 1. The molecule has 1 aromatic heterocycles. The maximum Gasteiger partial charge on any atom is 0.253 e. The van der Waals surface area contributed by atoms with E-state index in [9.17, 15) is 14.7 Å². The van der Waals surface area contributed by atoms with Gasteiger partial charge in [0.05, 0.1) is 11.8 Å². The summed E-state index contributed by atoms with van der Waals surface area (Å²) < 4.78 is 0. The van der Waals surface area contributed by atoms with Crippen LogP contribution in [0.15, 0.2) is 30.3 Å². The Morgan fingerprint density at radius 3 is 2.70 bits per heavy atom. The Balaban J connectivity index is 1.41. The van der Waals surface area contributed by atoms with Crippen molar-refractivity contribution in [3.8, 4) is 0 Å². The molecule has 4 rings (SSSR count). The number of carbonyl (C=O) groups is 2. The van der Waals surface area contributed by atoms with Gasteiger partial charge < -0.3 is 14.9 Å². The SMILES string of the molecule is Cc1cc(CC2CN(C(=O)c3ccc(N4CCCC4=O)cc3)CC2O)n[nH]1. The second kappa shape index (κ2) is 7.15. The van der Waals surface area contributed by atoms with E-state index < -0.39 is 6.10 Å². The molecule has 0 saturated carbocycles. The summed E-state index contributed by atoms with van der Waals surface area (Å²) in [5, 5.41) is 17.5. The molecule has 2 unspecified atom stereocenters. The van der Waals surface area contributed by atoms with Crippen molar-refractivity contribution in [1.29, 1.82) is 0 Å². The maximum absolute atomic E-state index is 12.8. The van der Waals surface area contributed by atoms with Gasteiger partial charge in [-0.15, -0.1) is 0 Å². The molecule has 7 heteroatoms. The Kier molecular flexibility index (Phi) is 4.70. The van der Waals surface area contributed by atoms with Gasteiger partial charge in [0.25, 0.3) is 5.91 Å². The molecule has 2 saturated heterocycles. The highest BCUT2D eigenvalue weighted by atomic mass is 16.3. The van der Waals surface area contributed by atoms with Crippen LogP contribution < -0.4 is 4.90 Å². The average molecular weight is 368 g/mol. The Labute approximate surface area is 158 Å². The lowest BCUT2D eigenvalue weighted by Crippen LogP contribution is -2.29. The molecule has 0 radical (unpaired) electrons. The van der Waals surface area contributed by atoms with Crippen molar-refractivity contribution >= 4 is 17.5 Å². The number of benzene rings is 1. The van der Waals surface area contributed by atoms with Gasteiger partial charge in [0.2, 0.25) is 5.91 Å². The number of aliphatic hydroxyl groups is 1. The molecule has 2 aliphatic rings. The van der Waals surface area contributed by atoms with Crippen LogP contribution in [0, 0.1) is 12.8 Å². The van der Waals surface area contributed by atoms with Crippen molar-refractivity contribution in [2.75, 3.05) is 24.5 Å². The van der Waals surface area contributed by atoms with E-state index in [1.165, 1.54) is 0 Å². The first-order valence-corrected chi connectivity index (χ1v) is 9.40. The van der Waals surface area contributed by atoms with E-state index in [1.54, 1.807) is 21.9 Å². The second-order valence-corrected chi connectivity index (χ2v) is 7.48. The fraction of sp³-hybridized carbons (Fsp3) is 0.450. The Morgan fingerprint density at radius 1 is 1.30 bits per heavy atom. The molecule has 0 aliphatic carbocycles. The molecule has 2 atom stereocenters. The number of hydrogen-bond acceptors (Lipinski definition) is 4. The van der Waals surface area contributed by atoms with Crippen LogP contribution in [0.3, 0.4) is 0 Å². The molecule has 2 aromatic rings. The number of aromatic amines is 1. The lowest BCUT2D eigenvalue weighted by Gasteiger charge is -2.18. The molecule has 2 aliphatic heterocycles. The summed E-state index contributed by atoms with van der Waals surface area (Å²) in [6.07, 6.45) is 1.56. The first-order chi connectivity index (χ1) is 13.0. The summed E-state index contributed by atoms with van der Waals surface area (Å²) in [6.45, 7) is 3.52. The van der Waals surface area contributed by atoms with Crippen molar-refractivity contribution in [3.05, 3.63) is 47.3 Å². The predicted molar refractivity (Wildman–Crippen MR) is 100 cm³/mol. The van der Waals surface area contributed by atoms with Crippen LogP contribution in [0.1, 0.15) is 34.6 Å². The first kappa shape index (κ1) is 17.7. The predicted octanol–water partition coefficient (Wildman–Crippen LogP) is 1.52. The van der Waals surface area contributed by atoms with E-state index in [-0.39, 0.29) is 17.7 Å². The van der Waals surface area contributed by atoms with Crippen LogP contribution in [0.4, 0.5) is 5.69 Å². The highest BCUT2D eigenvalue weighted by molar-refractivity contribution is 5.97. The highest BCUT2D eigenvalue weighted by Crippen LogP contribution is 2.25. The highest BCUT2D eigenvalue weighted by Gasteiger charge is 2.35. The van der Waals surface area contributed by atoms with Gasteiger partial charge in [-0.25, -0.2) is 0 Å². The van der Waals surface area contributed by atoms with Gasteiger partial charge in [-0.3, -0.25) is 14.7 Å². The van der Waals surface area contributed by atoms with Gasteiger partial charge in [0.1, 0.15) is 0 Å². The van der Waals surface area contributed by atoms with Crippen LogP contribution in [0.25, 0.3) is 0 Å². The molecule has 2 fully saturated rings. The Bertz CT molecular complexity index is 845. The molecule has 7 nitrogen and oxygen atoms in total. The number of aryl methyl sites for hydroxylation is 1. The maximum atomic E-state index is 12.8. The van der Waals surface area contributed by atoms with Crippen LogP contribution in [-0.2, 0) is 11.2 Å². The summed E-state index contributed by atoms with van der Waals surface area (Å²) >= 11 is 0. The number of anilines is 1. The number of H-pyrrole nitrogens is 1. The monoisotopic (exact) mass is 368 g/mol. The lowest BCUT2D eigenvalue weighted by molar-refractivity contribution is -0.117. The summed E-state index contributed by atoms with van der Waals surface area (Å²) in [4.78, 5) is 28.1. The average Bonchev–Trinajstić information content (AvgIpc) is 3.36. The second-order valence-electron chi connectivity index (χ2n) is 7.48. The number of carbonyl (C=O) groups excluding carboxylic acids is 2. The van der Waals surface area contributed by atoms with Crippen LogP contribution >= 0.6 is 0 Å². The van der Waals surface area contributed by atoms with Crippen molar-refractivity contribution in [1.82, 2.24) is 15.1 Å². The van der Waals surface area contributed by atoms with Gasteiger partial charge in [0.15, 0.2) is 0 Å². The summed E-state index contributed by atoms with van der Waals surface area (Å²) in [5.74, 6) is 0.0281. The van der Waals surface area contributed by atoms with Crippen LogP contribution in [0.5, 0.6) is 0 Å². The number of β-amino-alcohol motifs (C(OH)–C–C–N with tert-alkyl or cyclic N) is 1. The molecular formula is C20H24N4O3. The van der Waals surface area contributed by atoms with E-state index in [2.05, 4.69) is 10.2 Å². The largest absolute Gasteiger partial charge is 0.391 e. The molecule has 1 aromatic carbocycles. The molecule has 2 amide bonds. The van der Waals surface area contributed by atoms with E-state index in [1.807, 2.05) is 25.1 Å². The van der Waals surface area contributed by atoms with Gasteiger partial charge >= 0.3 is 0 Å². The molecule has 0 spiro atoms. The molecule has 27 heavy (non-hydrogen) atoms.